The monoisotopic (exact) mass is 260 g/mol. The average molecular weight is 260 g/mol. The molecule has 1 atom stereocenters. The minimum absolute atomic E-state index is 0.0125. The van der Waals surface area contributed by atoms with Crippen LogP contribution in [0.25, 0.3) is 6.08 Å². The molecule has 2 nitrogen and oxygen atoms in total. The summed E-state index contributed by atoms with van der Waals surface area (Å²) in [7, 11) is 2.35. The predicted octanol–water partition coefficient (Wildman–Crippen LogP) is 3.13. The van der Waals surface area contributed by atoms with Crippen LogP contribution < -0.4 is 0 Å². The van der Waals surface area contributed by atoms with E-state index in [1.165, 1.54) is 11.1 Å². The molecular weight excluding hydrogens is 238 g/mol. The standard InChI is InChI=1S/C15H22NOSi/c1-15(2,3)16(4,5)18(17)14-11-10-12-8-6-7-9-13(12)14/h6-11,14H,1-5H3/q+1. The minimum Gasteiger partial charge on any atom is -0.328 e. The van der Waals surface area contributed by atoms with Gasteiger partial charge in [-0.2, -0.15) is 0 Å². The molecule has 0 aromatic heterocycles. The van der Waals surface area contributed by atoms with Crippen LogP contribution in [0.1, 0.15) is 37.4 Å². The van der Waals surface area contributed by atoms with Gasteiger partial charge < -0.3 is 8.61 Å². The van der Waals surface area contributed by atoms with Gasteiger partial charge in [0.1, 0.15) is 5.54 Å². The maximum atomic E-state index is 13.0. The Hall–Kier alpha value is -1.06. The van der Waals surface area contributed by atoms with Crippen LogP contribution in [0.4, 0.5) is 0 Å². The molecule has 1 aliphatic rings. The summed E-state index contributed by atoms with van der Waals surface area (Å²) >= 11 is 0. The zero-order valence-corrected chi connectivity index (χ0v) is 12.9. The summed E-state index contributed by atoms with van der Waals surface area (Å²) in [5, 5.41) is 0. The van der Waals surface area contributed by atoms with E-state index in [1.807, 2.05) is 12.1 Å². The highest BCUT2D eigenvalue weighted by molar-refractivity contribution is 6.38. The van der Waals surface area contributed by atoms with Crippen LogP contribution in [0.15, 0.2) is 30.3 Å². The highest BCUT2D eigenvalue weighted by Gasteiger charge is 2.46. The first kappa shape index (κ1) is 13.4. The van der Waals surface area contributed by atoms with E-state index in [0.717, 1.165) is 0 Å². The molecule has 0 heterocycles. The Balaban J connectivity index is 2.36. The summed E-state index contributed by atoms with van der Waals surface area (Å²) < 4.78 is 13.6. The number of hydrogen-bond acceptors (Lipinski definition) is 1. The van der Waals surface area contributed by atoms with E-state index in [2.05, 4.69) is 59.2 Å². The molecule has 0 amide bonds. The van der Waals surface area contributed by atoms with E-state index in [0.29, 0.717) is 4.15 Å². The van der Waals surface area contributed by atoms with Crippen molar-refractivity contribution in [2.75, 3.05) is 14.1 Å². The summed E-state index contributed by atoms with van der Waals surface area (Å²) in [4.78, 5) is 0. The largest absolute Gasteiger partial charge is 0.565 e. The molecular formula is C15H22NOSi+. The van der Waals surface area contributed by atoms with Crippen molar-refractivity contribution in [2.45, 2.75) is 31.9 Å². The second-order valence-corrected chi connectivity index (χ2v) is 8.84. The van der Waals surface area contributed by atoms with Gasteiger partial charge in [0, 0.05) is 0 Å². The number of fused-ring (bicyclic) bond motifs is 1. The van der Waals surface area contributed by atoms with Gasteiger partial charge in [-0.05, 0) is 31.9 Å². The molecule has 2 rings (SSSR count). The molecule has 0 fully saturated rings. The SMILES string of the molecule is CC(C)(C)[N+](C)(C)[Si](=O)C1C=Cc2ccccc21. The quantitative estimate of drug-likeness (QED) is 0.747. The molecule has 18 heavy (non-hydrogen) atoms. The van der Waals surface area contributed by atoms with Crippen LogP contribution in [-0.2, 0) is 4.46 Å². The van der Waals surface area contributed by atoms with Crippen LogP contribution in [0, 0.1) is 0 Å². The lowest BCUT2D eigenvalue weighted by molar-refractivity contribution is -0.838. The van der Waals surface area contributed by atoms with Crippen molar-refractivity contribution >= 4 is 14.9 Å². The first-order valence-corrected chi connectivity index (χ1v) is 7.84. The van der Waals surface area contributed by atoms with Crippen molar-refractivity contribution in [1.29, 1.82) is 0 Å². The summed E-state index contributed by atoms with van der Waals surface area (Å²) in [6.07, 6.45) is 4.21. The fraction of sp³-hybridized carbons (Fsp3) is 0.467. The van der Waals surface area contributed by atoms with Crippen LogP contribution in [0.3, 0.4) is 0 Å². The number of nitrogens with zero attached hydrogens (tertiary/aromatic N) is 1. The lowest BCUT2D eigenvalue weighted by atomic mass is 10.1. The predicted molar refractivity (Wildman–Crippen MR) is 76.5 cm³/mol. The fourth-order valence-electron chi connectivity index (χ4n) is 2.14. The third-order valence-electron chi connectivity index (χ3n) is 4.29. The van der Waals surface area contributed by atoms with Crippen LogP contribution in [0.5, 0.6) is 0 Å². The summed E-state index contributed by atoms with van der Waals surface area (Å²) in [5.41, 5.74) is 2.51. The average Bonchev–Trinajstić information content (AvgIpc) is 2.70. The lowest BCUT2D eigenvalue weighted by Gasteiger charge is -2.41. The third kappa shape index (κ3) is 2.02. The van der Waals surface area contributed by atoms with E-state index in [-0.39, 0.29) is 11.1 Å². The van der Waals surface area contributed by atoms with Gasteiger partial charge in [0.15, 0.2) is 0 Å². The molecule has 0 aliphatic heterocycles. The molecule has 0 N–H and O–H groups in total. The summed E-state index contributed by atoms with van der Waals surface area (Å²) in [6.45, 7) is 6.46. The molecule has 0 spiro atoms. The van der Waals surface area contributed by atoms with Gasteiger partial charge in [0.05, 0.1) is 19.6 Å². The third-order valence-corrected chi connectivity index (χ3v) is 7.10. The Labute approximate surface area is 111 Å². The van der Waals surface area contributed by atoms with Crippen LogP contribution >= 0.6 is 0 Å². The van der Waals surface area contributed by atoms with Crippen LogP contribution in [0.2, 0.25) is 0 Å². The number of benzene rings is 1. The Kier molecular flexibility index (Phi) is 3.15. The van der Waals surface area contributed by atoms with Gasteiger partial charge in [-0.3, -0.25) is 0 Å². The van der Waals surface area contributed by atoms with Crippen molar-refractivity contribution in [1.82, 2.24) is 0 Å². The van der Waals surface area contributed by atoms with Gasteiger partial charge in [0.25, 0.3) is 0 Å². The van der Waals surface area contributed by atoms with Crippen molar-refractivity contribution in [3.8, 4) is 0 Å². The zero-order chi connectivity index (χ0) is 13.6. The smallest absolute Gasteiger partial charge is 0.328 e. The molecule has 96 valence electrons. The Morgan fingerprint density at radius 2 is 1.78 bits per heavy atom. The van der Waals surface area contributed by atoms with Gasteiger partial charge in [-0.25, -0.2) is 0 Å². The summed E-state index contributed by atoms with van der Waals surface area (Å²) in [5.74, 6) is 0. The highest BCUT2D eigenvalue weighted by atomic mass is 28.3. The Bertz CT molecular complexity index is 511. The normalized spacial score (nSPS) is 18.8. The molecule has 0 bridgehead atoms. The van der Waals surface area contributed by atoms with Gasteiger partial charge in [0.2, 0.25) is 0 Å². The maximum absolute atomic E-state index is 13.0. The Morgan fingerprint density at radius 1 is 1.17 bits per heavy atom. The molecule has 1 aromatic carbocycles. The van der Waals surface area contributed by atoms with Gasteiger partial charge >= 0.3 is 8.84 Å². The molecule has 3 heteroatoms. The van der Waals surface area contributed by atoms with Crippen LogP contribution in [-0.4, -0.2) is 32.6 Å². The number of rotatable bonds is 2. The molecule has 1 unspecified atom stereocenters. The van der Waals surface area contributed by atoms with Crippen molar-refractivity contribution in [3.63, 3.8) is 0 Å². The van der Waals surface area contributed by atoms with E-state index in [9.17, 15) is 4.46 Å². The highest BCUT2D eigenvalue weighted by Crippen LogP contribution is 2.33. The topological polar surface area (TPSA) is 17.1 Å². The van der Waals surface area contributed by atoms with Crippen molar-refractivity contribution < 1.29 is 8.61 Å². The fourth-order valence-corrected chi connectivity index (χ4v) is 4.29. The first-order valence-electron chi connectivity index (χ1n) is 6.41. The lowest BCUT2D eigenvalue weighted by Crippen LogP contribution is -2.60. The Morgan fingerprint density at radius 3 is 2.39 bits per heavy atom. The molecule has 0 radical (unpaired) electrons. The molecule has 1 aliphatic carbocycles. The molecule has 0 saturated carbocycles. The van der Waals surface area contributed by atoms with Crippen molar-refractivity contribution in [3.05, 3.63) is 41.5 Å². The van der Waals surface area contributed by atoms with Gasteiger partial charge in [-0.15, -0.1) is 0 Å². The molecule has 1 aromatic rings. The summed E-state index contributed by atoms with van der Waals surface area (Å²) in [6, 6.07) is 8.26. The minimum atomic E-state index is -1.81. The van der Waals surface area contributed by atoms with E-state index in [4.69, 9.17) is 0 Å². The number of hydrogen-bond donors (Lipinski definition) is 0. The number of allylic oxidation sites excluding steroid dienone is 1. The second-order valence-electron chi connectivity index (χ2n) is 6.43. The van der Waals surface area contributed by atoms with E-state index in [1.54, 1.807) is 0 Å². The number of quaternary nitrogens is 1. The zero-order valence-electron chi connectivity index (χ0n) is 11.9. The van der Waals surface area contributed by atoms with E-state index >= 15 is 0 Å². The second kappa shape index (κ2) is 4.25. The molecule has 0 saturated heterocycles. The van der Waals surface area contributed by atoms with Crippen molar-refractivity contribution in [2.24, 2.45) is 0 Å². The van der Waals surface area contributed by atoms with E-state index < -0.39 is 8.84 Å². The maximum Gasteiger partial charge on any atom is 0.565 e. The van der Waals surface area contributed by atoms with Gasteiger partial charge in [-0.1, -0.05) is 36.4 Å². The first-order chi connectivity index (χ1) is 8.25.